The summed E-state index contributed by atoms with van der Waals surface area (Å²) >= 11 is 1.80. The van der Waals surface area contributed by atoms with E-state index in [9.17, 15) is 0 Å². The Labute approximate surface area is 189 Å². The number of aryl methyl sites for hydroxylation is 1. The Balaban J connectivity index is 1.45. The van der Waals surface area contributed by atoms with Crippen molar-refractivity contribution in [1.82, 2.24) is 25.4 Å². The summed E-state index contributed by atoms with van der Waals surface area (Å²) in [4.78, 5) is 6.28. The molecule has 2 unspecified atom stereocenters. The van der Waals surface area contributed by atoms with E-state index in [2.05, 4.69) is 45.3 Å². The molecule has 2 atom stereocenters. The standard InChI is InChI=1S/C23H36N6OS/c1-4-30-20-15-19(23(20)11-6-5-7-12-23)26-22(24-13-10-18-9-8-14-31-18)25-16-21-28-27-17(2)29(21)3/h8-9,14,19-20H,4-7,10-13,15-16H2,1-3H3,(H2,24,25,26). The third-order valence-electron chi connectivity index (χ3n) is 7.05. The van der Waals surface area contributed by atoms with Crippen molar-refractivity contribution in [2.75, 3.05) is 13.2 Å². The number of nitrogens with one attached hydrogen (secondary N) is 2. The molecule has 2 saturated carbocycles. The quantitative estimate of drug-likeness (QED) is 0.481. The van der Waals surface area contributed by atoms with Crippen LogP contribution in [0.1, 0.15) is 62.0 Å². The summed E-state index contributed by atoms with van der Waals surface area (Å²) in [6, 6.07) is 4.71. The lowest BCUT2D eigenvalue weighted by Gasteiger charge is -2.58. The van der Waals surface area contributed by atoms with Crippen LogP contribution >= 0.6 is 11.3 Å². The fourth-order valence-corrected chi connectivity index (χ4v) is 5.79. The van der Waals surface area contributed by atoms with E-state index in [0.717, 1.165) is 43.6 Å². The fraction of sp³-hybridized carbons (Fsp3) is 0.696. The molecule has 2 heterocycles. The van der Waals surface area contributed by atoms with Crippen LogP contribution in [0.15, 0.2) is 22.5 Å². The Kier molecular flexibility index (Phi) is 7.27. The molecule has 0 aromatic carbocycles. The molecule has 2 aliphatic carbocycles. The Morgan fingerprint density at radius 2 is 2.16 bits per heavy atom. The van der Waals surface area contributed by atoms with Crippen LogP contribution in [0, 0.1) is 12.3 Å². The normalized spacial score (nSPS) is 23.0. The van der Waals surface area contributed by atoms with Crippen molar-refractivity contribution in [2.24, 2.45) is 17.5 Å². The zero-order valence-corrected chi connectivity index (χ0v) is 19.9. The van der Waals surface area contributed by atoms with Crippen molar-refractivity contribution in [1.29, 1.82) is 0 Å². The number of nitrogens with zero attached hydrogens (tertiary/aromatic N) is 4. The number of hydrogen-bond donors (Lipinski definition) is 2. The van der Waals surface area contributed by atoms with Crippen molar-refractivity contribution < 1.29 is 4.74 Å². The molecule has 0 amide bonds. The van der Waals surface area contributed by atoms with Gasteiger partial charge in [-0.3, -0.25) is 0 Å². The number of aliphatic imine (C=N–C) groups is 1. The summed E-state index contributed by atoms with van der Waals surface area (Å²) in [5.41, 5.74) is 0.256. The van der Waals surface area contributed by atoms with Crippen LogP contribution in [-0.4, -0.2) is 46.0 Å². The predicted octanol–water partition coefficient (Wildman–Crippen LogP) is 3.59. The van der Waals surface area contributed by atoms with Crippen LogP contribution < -0.4 is 10.6 Å². The molecule has 2 aromatic rings. The summed E-state index contributed by atoms with van der Waals surface area (Å²) in [6.45, 7) is 6.25. The lowest BCUT2D eigenvalue weighted by atomic mass is 9.55. The van der Waals surface area contributed by atoms with E-state index < -0.39 is 0 Å². The van der Waals surface area contributed by atoms with Gasteiger partial charge < -0.3 is 19.9 Å². The second kappa shape index (κ2) is 10.1. The molecule has 2 aromatic heterocycles. The molecule has 1 spiro atoms. The monoisotopic (exact) mass is 444 g/mol. The minimum Gasteiger partial charge on any atom is -0.378 e. The van der Waals surface area contributed by atoms with Gasteiger partial charge in [0.2, 0.25) is 0 Å². The summed E-state index contributed by atoms with van der Waals surface area (Å²) in [6.07, 6.45) is 8.89. The Morgan fingerprint density at radius 3 is 2.84 bits per heavy atom. The van der Waals surface area contributed by atoms with Gasteiger partial charge in [0, 0.05) is 36.5 Å². The topological polar surface area (TPSA) is 76.4 Å². The molecule has 0 radical (unpaired) electrons. The van der Waals surface area contributed by atoms with E-state index >= 15 is 0 Å². The second-order valence-electron chi connectivity index (χ2n) is 8.81. The van der Waals surface area contributed by atoms with Gasteiger partial charge in [0.05, 0.1) is 6.10 Å². The molecule has 4 rings (SSSR count). The lowest BCUT2D eigenvalue weighted by Crippen LogP contribution is -2.66. The minimum atomic E-state index is 0.256. The maximum Gasteiger partial charge on any atom is 0.191 e. The largest absolute Gasteiger partial charge is 0.378 e. The van der Waals surface area contributed by atoms with E-state index in [1.165, 1.54) is 37.0 Å². The van der Waals surface area contributed by atoms with Crippen LogP contribution in [0.4, 0.5) is 0 Å². The molecule has 7 nitrogen and oxygen atoms in total. The molecule has 0 bridgehead atoms. The molecule has 0 aliphatic heterocycles. The summed E-state index contributed by atoms with van der Waals surface area (Å²) in [7, 11) is 1.99. The number of ether oxygens (including phenoxy) is 1. The smallest absolute Gasteiger partial charge is 0.191 e. The van der Waals surface area contributed by atoms with Gasteiger partial charge >= 0.3 is 0 Å². The van der Waals surface area contributed by atoms with Crippen molar-refractivity contribution in [3.63, 3.8) is 0 Å². The third-order valence-corrected chi connectivity index (χ3v) is 7.99. The first-order valence-electron chi connectivity index (χ1n) is 11.7. The molecule has 31 heavy (non-hydrogen) atoms. The van der Waals surface area contributed by atoms with Crippen molar-refractivity contribution in [3.05, 3.63) is 34.0 Å². The van der Waals surface area contributed by atoms with Crippen molar-refractivity contribution >= 4 is 17.3 Å². The SMILES string of the molecule is CCOC1CC(NC(=NCc2nnc(C)n2C)NCCc2cccs2)C12CCCCC2. The fourth-order valence-electron chi connectivity index (χ4n) is 5.08. The Bertz CT molecular complexity index is 856. The van der Waals surface area contributed by atoms with Crippen LogP contribution in [0.5, 0.6) is 0 Å². The lowest BCUT2D eigenvalue weighted by molar-refractivity contribution is -0.145. The van der Waals surface area contributed by atoms with Gasteiger partial charge in [-0.2, -0.15) is 0 Å². The Morgan fingerprint density at radius 1 is 1.32 bits per heavy atom. The molecule has 2 fully saturated rings. The second-order valence-corrected chi connectivity index (χ2v) is 9.85. The van der Waals surface area contributed by atoms with Gasteiger partial charge in [0.25, 0.3) is 0 Å². The summed E-state index contributed by atoms with van der Waals surface area (Å²) in [5.74, 6) is 2.66. The van der Waals surface area contributed by atoms with Gasteiger partial charge in [-0.15, -0.1) is 21.5 Å². The zero-order chi connectivity index (χ0) is 21.7. The van der Waals surface area contributed by atoms with Crippen LogP contribution in [-0.2, 0) is 24.8 Å². The first-order chi connectivity index (χ1) is 15.1. The number of rotatable bonds is 8. The molecule has 0 saturated heterocycles. The number of hydrogen-bond acceptors (Lipinski definition) is 5. The summed E-state index contributed by atoms with van der Waals surface area (Å²) in [5, 5.41) is 17.9. The van der Waals surface area contributed by atoms with Gasteiger partial charge in [0.15, 0.2) is 11.8 Å². The van der Waals surface area contributed by atoms with Gasteiger partial charge in [0.1, 0.15) is 12.4 Å². The van der Waals surface area contributed by atoms with Gasteiger partial charge in [-0.25, -0.2) is 4.99 Å². The molecule has 2 N–H and O–H groups in total. The van der Waals surface area contributed by atoms with E-state index in [4.69, 9.17) is 9.73 Å². The first-order valence-corrected chi connectivity index (χ1v) is 12.5. The highest BCUT2D eigenvalue weighted by molar-refractivity contribution is 7.09. The van der Waals surface area contributed by atoms with E-state index in [1.54, 1.807) is 11.3 Å². The maximum absolute atomic E-state index is 6.14. The van der Waals surface area contributed by atoms with Crippen LogP contribution in [0.2, 0.25) is 0 Å². The predicted molar refractivity (Wildman–Crippen MR) is 125 cm³/mol. The van der Waals surface area contributed by atoms with E-state index in [-0.39, 0.29) is 5.41 Å². The molecule has 8 heteroatoms. The maximum atomic E-state index is 6.14. The molecular formula is C23H36N6OS. The molecule has 2 aliphatic rings. The van der Waals surface area contributed by atoms with Crippen molar-refractivity contribution in [3.8, 4) is 0 Å². The van der Waals surface area contributed by atoms with E-state index in [1.807, 2.05) is 18.5 Å². The zero-order valence-electron chi connectivity index (χ0n) is 19.1. The van der Waals surface area contributed by atoms with Gasteiger partial charge in [-0.1, -0.05) is 25.3 Å². The summed E-state index contributed by atoms with van der Waals surface area (Å²) < 4.78 is 8.14. The first kappa shape index (κ1) is 22.3. The average Bonchev–Trinajstić information content (AvgIpc) is 3.42. The van der Waals surface area contributed by atoms with Crippen LogP contribution in [0.3, 0.4) is 0 Å². The van der Waals surface area contributed by atoms with Crippen LogP contribution in [0.25, 0.3) is 0 Å². The van der Waals surface area contributed by atoms with Gasteiger partial charge in [-0.05, 0) is 51.0 Å². The number of thiophene rings is 1. The average molecular weight is 445 g/mol. The highest BCUT2D eigenvalue weighted by Gasteiger charge is 2.55. The number of guanidine groups is 1. The molecular weight excluding hydrogens is 408 g/mol. The molecule has 170 valence electrons. The highest BCUT2D eigenvalue weighted by atomic mass is 32.1. The Hall–Kier alpha value is -1.93. The third kappa shape index (κ3) is 4.95. The highest BCUT2D eigenvalue weighted by Crippen LogP contribution is 2.53. The van der Waals surface area contributed by atoms with E-state index in [0.29, 0.717) is 18.7 Å². The van der Waals surface area contributed by atoms with Crippen molar-refractivity contribution in [2.45, 2.75) is 77.5 Å². The minimum absolute atomic E-state index is 0.256. The number of aromatic nitrogens is 3.